The smallest absolute Gasteiger partial charge is 0.160 e. The lowest BCUT2D eigenvalue weighted by atomic mass is 9.98. The summed E-state index contributed by atoms with van der Waals surface area (Å²) >= 11 is 0. The number of benzene rings is 6. The molecule has 0 bridgehead atoms. The molecule has 0 N–H and O–H groups in total. The van der Waals surface area contributed by atoms with Gasteiger partial charge in [0, 0.05) is 34.6 Å². The van der Waals surface area contributed by atoms with E-state index in [1.54, 1.807) is 6.20 Å². The maximum atomic E-state index is 5.11. The highest BCUT2D eigenvalue weighted by Gasteiger charge is 2.12. The summed E-state index contributed by atoms with van der Waals surface area (Å²) in [7, 11) is 0. The predicted octanol–water partition coefficient (Wildman–Crippen LogP) is 11.0. The molecule has 216 valence electrons. The molecule has 0 fully saturated rings. The van der Waals surface area contributed by atoms with Gasteiger partial charge in [-0.05, 0) is 62.9 Å². The van der Waals surface area contributed by atoms with E-state index in [1.165, 1.54) is 21.9 Å². The minimum absolute atomic E-state index is 0.707. The number of aromatic nitrogens is 3. The van der Waals surface area contributed by atoms with E-state index in [2.05, 4.69) is 157 Å². The first-order valence-electron chi connectivity index (χ1n) is 15.4. The van der Waals surface area contributed by atoms with Crippen LogP contribution in [0.5, 0.6) is 0 Å². The highest BCUT2D eigenvalue weighted by Crippen LogP contribution is 2.32. The van der Waals surface area contributed by atoms with Gasteiger partial charge >= 0.3 is 0 Å². The van der Waals surface area contributed by atoms with Crippen LogP contribution in [0.1, 0.15) is 0 Å². The maximum Gasteiger partial charge on any atom is 0.160 e. The molecule has 6 aromatic carbocycles. The molecule has 0 amide bonds. The Morgan fingerprint density at radius 3 is 1.50 bits per heavy atom. The Labute approximate surface area is 268 Å². The lowest BCUT2D eigenvalue weighted by molar-refractivity contribution is 1.18. The van der Waals surface area contributed by atoms with Crippen molar-refractivity contribution in [2.45, 2.75) is 0 Å². The number of nitrogens with zero attached hydrogens (tertiary/aromatic N) is 3. The third-order valence-electron chi connectivity index (χ3n) is 8.39. The molecule has 0 aliphatic carbocycles. The molecular weight excluding hydrogens is 558 g/mol. The number of hydrogen-bond donors (Lipinski definition) is 0. The van der Waals surface area contributed by atoms with Crippen LogP contribution in [0.4, 0.5) is 0 Å². The van der Waals surface area contributed by atoms with Gasteiger partial charge in [-0.25, -0.2) is 9.97 Å². The highest BCUT2D eigenvalue weighted by atomic mass is 14.9. The number of fused-ring (bicyclic) bond motifs is 1. The minimum atomic E-state index is 0.707. The van der Waals surface area contributed by atoms with Crippen LogP contribution < -0.4 is 0 Å². The van der Waals surface area contributed by atoms with Gasteiger partial charge in [0.1, 0.15) is 0 Å². The van der Waals surface area contributed by atoms with Crippen LogP contribution in [-0.4, -0.2) is 15.0 Å². The molecule has 0 saturated heterocycles. The average Bonchev–Trinajstić information content (AvgIpc) is 3.15. The molecule has 0 aliphatic rings. The van der Waals surface area contributed by atoms with Crippen LogP contribution in [0.3, 0.4) is 0 Å². The first kappa shape index (κ1) is 27.4. The zero-order valence-electron chi connectivity index (χ0n) is 25.1. The van der Waals surface area contributed by atoms with Crippen molar-refractivity contribution in [2.24, 2.45) is 0 Å². The first-order valence-corrected chi connectivity index (χ1v) is 15.4. The van der Waals surface area contributed by atoms with Crippen LogP contribution in [0.2, 0.25) is 0 Å². The summed E-state index contributed by atoms with van der Waals surface area (Å²) in [6.07, 6.45) is 3.70. The number of rotatable bonds is 6. The van der Waals surface area contributed by atoms with Crippen LogP contribution in [0, 0.1) is 0 Å². The van der Waals surface area contributed by atoms with Gasteiger partial charge < -0.3 is 0 Å². The highest BCUT2D eigenvalue weighted by molar-refractivity contribution is 5.87. The monoisotopic (exact) mass is 587 g/mol. The SMILES string of the molecule is c1ccc(-c2ccc(-c3cc(-c4ccc(-c5cccc(-c6cccnc6)c5)cc4)nc(-c4ccc5ccccc5c4)n3)cc2)cc1. The molecule has 0 atom stereocenters. The topological polar surface area (TPSA) is 38.7 Å². The lowest BCUT2D eigenvalue weighted by Crippen LogP contribution is -1.96. The first-order chi connectivity index (χ1) is 22.8. The molecule has 3 heteroatoms. The van der Waals surface area contributed by atoms with E-state index >= 15 is 0 Å². The number of hydrogen-bond acceptors (Lipinski definition) is 3. The van der Waals surface area contributed by atoms with Crippen molar-refractivity contribution in [3.05, 3.63) is 176 Å². The summed E-state index contributed by atoms with van der Waals surface area (Å²) in [6.45, 7) is 0. The molecular formula is C43H29N3. The van der Waals surface area contributed by atoms with Crippen LogP contribution in [0.25, 0.3) is 78.1 Å². The molecule has 0 saturated carbocycles. The second kappa shape index (κ2) is 12.1. The van der Waals surface area contributed by atoms with Gasteiger partial charge in [-0.2, -0.15) is 0 Å². The van der Waals surface area contributed by atoms with Crippen LogP contribution in [0.15, 0.2) is 176 Å². The van der Waals surface area contributed by atoms with Crippen LogP contribution in [-0.2, 0) is 0 Å². The molecule has 3 nitrogen and oxygen atoms in total. The van der Waals surface area contributed by atoms with Crippen molar-refractivity contribution in [1.29, 1.82) is 0 Å². The Hall–Kier alpha value is -6.19. The summed E-state index contributed by atoms with van der Waals surface area (Å²) < 4.78 is 0. The third kappa shape index (κ3) is 5.58. The van der Waals surface area contributed by atoms with Crippen molar-refractivity contribution in [2.75, 3.05) is 0 Å². The Balaban J connectivity index is 1.19. The molecule has 8 rings (SSSR count). The summed E-state index contributed by atoms with van der Waals surface area (Å²) in [4.78, 5) is 14.5. The van der Waals surface area contributed by atoms with Crippen LogP contribution >= 0.6 is 0 Å². The Morgan fingerprint density at radius 1 is 0.304 bits per heavy atom. The molecule has 0 radical (unpaired) electrons. The zero-order valence-corrected chi connectivity index (χ0v) is 25.1. The molecule has 46 heavy (non-hydrogen) atoms. The zero-order chi connectivity index (χ0) is 30.7. The Kier molecular flexibility index (Phi) is 7.18. The molecule has 2 heterocycles. The second-order valence-electron chi connectivity index (χ2n) is 11.4. The van der Waals surface area contributed by atoms with Gasteiger partial charge in [0.25, 0.3) is 0 Å². The standard InChI is InChI=1S/C43H29N3/c1-2-8-30(9-3-1)32-15-20-34(21-16-32)41-28-42(46-43(45-41)39-24-19-31-10-4-5-11-36(31)27-39)35-22-17-33(18-23-35)37-12-6-13-38(26-37)40-14-7-25-44-29-40/h1-29H. The Bertz CT molecular complexity index is 2280. The van der Waals surface area contributed by atoms with E-state index in [0.717, 1.165) is 50.3 Å². The van der Waals surface area contributed by atoms with Gasteiger partial charge in [0.2, 0.25) is 0 Å². The van der Waals surface area contributed by atoms with Crippen molar-refractivity contribution < 1.29 is 0 Å². The maximum absolute atomic E-state index is 5.11. The minimum Gasteiger partial charge on any atom is -0.264 e. The van der Waals surface area contributed by atoms with Crippen molar-refractivity contribution >= 4 is 10.8 Å². The average molecular weight is 588 g/mol. The van der Waals surface area contributed by atoms with E-state index in [1.807, 2.05) is 18.3 Å². The largest absolute Gasteiger partial charge is 0.264 e. The van der Waals surface area contributed by atoms with E-state index in [9.17, 15) is 0 Å². The molecule has 0 unspecified atom stereocenters. The van der Waals surface area contributed by atoms with Gasteiger partial charge in [0.15, 0.2) is 5.82 Å². The van der Waals surface area contributed by atoms with Crippen molar-refractivity contribution in [3.8, 4) is 67.3 Å². The van der Waals surface area contributed by atoms with Gasteiger partial charge in [-0.1, -0.05) is 140 Å². The van der Waals surface area contributed by atoms with E-state index in [4.69, 9.17) is 9.97 Å². The lowest BCUT2D eigenvalue weighted by Gasteiger charge is -2.11. The summed E-state index contributed by atoms with van der Waals surface area (Å²) in [5, 5.41) is 2.36. The predicted molar refractivity (Wildman–Crippen MR) is 190 cm³/mol. The summed E-state index contributed by atoms with van der Waals surface area (Å²) in [6, 6.07) is 57.3. The Morgan fingerprint density at radius 2 is 0.826 bits per heavy atom. The molecule has 0 aliphatic heterocycles. The fourth-order valence-corrected chi connectivity index (χ4v) is 5.91. The quantitative estimate of drug-likeness (QED) is 0.194. The van der Waals surface area contributed by atoms with E-state index < -0.39 is 0 Å². The van der Waals surface area contributed by atoms with Gasteiger partial charge in [-0.15, -0.1) is 0 Å². The second-order valence-corrected chi connectivity index (χ2v) is 11.4. The molecule has 8 aromatic rings. The van der Waals surface area contributed by atoms with E-state index in [0.29, 0.717) is 5.82 Å². The number of pyridine rings is 1. The normalized spacial score (nSPS) is 11.0. The molecule has 0 spiro atoms. The van der Waals surface area contributed by atoms with Crippen molar-refractivity contribution in [1.82, 2.24) is 15.0 Å². The third-order valence-corrected chi connectivity index (χ3v) is 8.39. The van der Waals surface area contributed by atoms with E-state index in [-0.39, 0.29) is 0 Å². The van der Waals surface area contributed by atoms with Gasteiger partial charge in [0.05, 0.1) is 11.4 Å². The summed E-state index contributed by atoms with van der Waals surface area (Å²) in [5.74, 6) is 0.707. The fourth-order valence-electron chi connectivity index (χ4n) is 5.91. The van der Waals surface area contributed by atoms with Gasteiger partial charge in [-0.3, -0.25) is 4.98 Å². The molecule has 2 aromatic heterocycles. The van der Waals surface area contributed by atoms with Crippen molar-refractivity contribution in [3.63, 3.8) is 0 Å². The summed E-state index contributed by atoms with van der Waals surface area (Å²) in [5.41, 5.74) is 11.8. The fraction of sp³-hybridized carbons (Fsp3) is 0.